The predicted octanol–water partition coefficient (Wildman–Crippen LogP) is 5.06. The molecule has 0 aliphatic carbocycles. The summed E-state index contributed by atoms with van der Waals surface area (Å²) in [6.07, 6.45) is 6.73. The lowest BCUT2D eigenvalue weighted by molar-refractivity contribution is -0.126. The minimum Gasteiger partial charge on any atom is -0.347 e. The SMILES string of the molecule is CC(=O)C[C@H](NC(=O)[C@@H](CC(C)C)n1cc(CCN(C)C)ccc1=O)c1cncc(-c2c(C)cccc2C)c1. The van der Waals surface area contributed by atoms with Gasteiger partial charge < -0.3 is 14.8 Å². The van der Waals surface area contributed by atoms with Crippen LogP contribution in [0.4, 0.5) is 0 Å². The van der Waals surface area contributed by atoms with Gasteiger partial charge >= 0.3 is 0 Å². The molecule has 0 radical (unpaired) electrons. The van der Waals surface area contributed by atoms with E-state index in [1.54, 1.807) is 10.8 Å². The number of pyridine rings is 2. The van der Waals surface area contributed by atoms with Crippen molar-refractivity contribution in [1.82, 2.24) is 19.8 Å². The number of aromatic nitrogens is 2. The lowest BCUT2D eigenvalue weighted by Gasteiger charge is -2.26. The van der Waals surface area contributed by atoms with E-state index in [9.17, 15) is 14.4 Å². The van der Waals surface area contributed by atoms with Crippen molar-refractivity contribution in [2.24, 2.45) is 5.92 Å². The number of hydrogen-bond acceptors (Lipinski definition) is 5. The van der Waals surface area contributed by atoms with Gasteiger partial charge in [0.1, 0.15) is 11.8 Å². The van der Waals surface area contributed by atoms with Gasteiger partial charge in [-0.1, -0.05) is 38.1 Å². The zero-order valence-electron chi connectivity index (χ0n) is 24.3. The van der Waals surface area contributed by atoms with Gasteiger partial charge in [0.15, 0.2) is 0 Å². The number of amides is 1. The third kappa shape index (κ3) is 8.20. The fraction of sp³-hybridized carbons (Fsp3) is 0.438. The van der Waals surface area contributed by atoms with Gasteiger partial charge in [0.2, 0.25) is 5.91 Å². The molecule has 0 fully saturated rings. The summed E-state index contributed by atoms with van der Waals surface area (Å²) < 4.78 is 1.55. The normalized spacial score (nSPS) is 12.9. The van der Waals surface area contributed by atoms with E-state index in [0.717, 1.165) is 46.3 Å². The predicted molar refractivity (Wildman–Crippen MR) is 157 cm³/mol. The van der Waals surface area contributed by atoms with Crippen molar-refractivity contribution in [2.75, 3.05) is 20.6 Å². The van der Waals surface area contributed by atoms with Crippen molar-refractivity contribution < 1.29 is 9.59 Å². The second-order valence-electron chi connectivity index (χ2n) is 11.2. The monoisotopic (exact) mass is 530 g/mol. The topological polar surface area (TPSA) is 84.3 Å². The zero-order valence-corrected chi connectivity index (χ0v) is 24.3. The van der Waals surface area contributed by atoms with Crippen molar-refractivity contribution in [3.8, 4) is 11.1 Å². The Morgan fingerprint density at radius 2 is 1.74 bits per heavy atom. The standard InChI is InChI=1S/C32H42N4O3/c1-21(2)15-29(36-20-25(11-12-30(36)38)13-14-35(6)7)32(39)34-28(16-24(5)37)26-17-27(19-33-18-26)31-22(3)9-8-10-23(31)4/h8-12,17-21,28-29H,13-16H2,1-7H3,(H,34,39)/t28-,29+/m0/s1. The molecular formula is C32H42N4O3. The maximum Gasteiger partial charge on any atom is 0.251 e. The molecule has 3 rings (SSSR count). The quantitative estimate of drug-likeness (QED) is 0.354. The summed E-state index contributed by atoms with van der Waals surface area (Å²) >= 11 is 0. The molecule has 2 atom stereocenters. The Morgan fingerprint density at radius 3 is 2.36 bits per heavy atom. The Kier molecular flexibility index (Phi) is 10.4. The average molecular weight is 531 g/mol. The van der Waals surface area contributed by atoms with E-state index in [-0.39, 0.29) is 29.6 Å². The summed E-state index contributed by atoms with van der Waals surface area (Å²) in [7, 11) is 4.01. The Labute approximate surface area is 232 Å². The van der Waals surface area contributed by atoms with Gasteiger partial charge in [-0.2, -0.15) is 0 Å². The first kappa shape index (κ1) is 30.0. The number of nitrogens with zero attached hydrogens (tertiary/aromatic N) is 3. The van der Waals surface area contributed by atoms with Crippen LogP contribution in [0.3, 0.4) is 0 Å². The highest BCUT2D eigenvalue weighted by Crippen LogP contribution is 2.30. The van der Waals surface area contributed by atoms with E-state index in [1.165, 1.54) is 13.0 Å². The van der Waals surface area contributed by atoms with Crippen molar-refractivity contribution in [2.45, 2.75) is 66.0 Å². The molecule has 2 heterocycles. The minimum absolute atomic E-state index is 0.0407. The van der Waals surface area contributed by atoms with E-state index in [1.807, 2.05) is 58.5 Å². The summed E-state index contributed by atoms with van der Waals surface area (Å²) in [4.78, 5) is 45.6. The molecule has 0 unspecified atom stereocenters. The first-order valence-electron chi connectivity index (χ1n) is 13.6. The largest absolute Gasteiger partial charge is 0.347 e. The summed E-state index contributed by atoms with van der Waals surface area (Å²) in [5.74, 6) is -0.140. The van der Waals surface area contributed by atoms with Crippen LogP contribution in [-0.4, -0.2) is 46.8 Å². The molecule has 0 spiro atoms. The van der Waals surface area contributed by atoms with Crippen LogP contribution in [0.1, 0.15) is 68.0 Å². The Balaban J connectivity index is 1.97. The number of nitrogens with one attached hydrogen (secondary N) is 1. The average Bonchev–Trinajstić information content (AvgIpc) is 2.86. The number of aryl methyl sites for hydroxylation is 2. The molecule has 7 heteroatoms. The van der Waals surface area contributed by atoms with Crippen molar-refractivity contribution in [3.63, 3.8) is 0 Å². The van der Waals surface area contributed by atoms with Crippen molar-refractivity contribution >= 4 is 11.7 Å². The maximum absolute atomic E-state index is 13.8. The van der Waals surface area contributed by atoms with E-state index >= 15 is 0 Å². The van der Waals surface area contributed by atoms with Crippen LogP contribution in [-0.2, 0) is 16.0 Å². The van der Waals surface area contributed by atoms with E-state index in [4.69, 9.17) is 0 Å². The van der Waals surface area contributed by atoms with Crippen LogP contribution >= 0.6 is 0 Å². The van der Waals surface area contributed by atoms with Gasteiger partial charge in [0.25, 0.3) is 5.56 Å². The van der Waals surface area contributed by atoms with Gasteiger partial charge in [0, 0.05) is 43.2 Å². The summed E-state index contributed by atoms with van der Waals surface area (Å²) in [6, 6.07) is 10.3. The van der Waals surface area contributed by atoms with Crippen LogP contribution < -0.4 is 10.9 Å². The van der Waals surface area contributed by atoms with Gasteiger partial charge in [-0.15, -0.1) is 0 Å². The summed E-state index contributed by atoms with van der Waals surface area (Å²) in [6.45, 7) is 10.5. The second-order valence-corrected chi connectivity index (χ2v) is 11.2. The molecule has 7 nitrogen and oxygen atoms in total. The third-order valence-corrected chi connectivity index (χ3v) is 6.92. The van der Waals surface area contributed by atoms with E-state index in [0.29, 0.717) is 6.42 Å². The first-order valence-corrected chi connectivity index (χ1v) is 13.6. The Morgan fingerprint density at radius 1 is 1.05 bits per heavy atom. The number of likely N-dealkylation sites (N-methyl/N-ethyl adjacent to an activating group) is 1. The van der Waals surface area contributed by atoms with Crippen LogP contribution in [0.25, 0.3) is 11.1 Å². The number of carbonyl (C=O) groups is 2. The van der Waals surface area contributed by atoms with E-state index < -0.39 is 12.1 Å². The molecule has 3 aromatic rings. The number of Topliss-reactive ketones (excluding diaryl/α,β-unsaturated/α-hetero) is 1. The zero-order chi connectivity index (χ0) is 28.7. The summed E-state index contributed by atoms with van der Waals surface area (Å²) in [5.41, 5.74) is 5.84. The summed E-state index contributed by atoms with van der Waals surface area (Å²) in [5, 5.41) is 3.11. The highest BCUT2D eigenvalue weighted by atomic mass is 16.2. The van der Waals surface area contributed by atoms with Gasteiger partial charge in [-0.25, -0.2) is 0 Å². The molecule has 0 aliphatic heterocycles. The van der Waals surface area contributed by atoms with Crippen LogP contribution in [0.5, 0.6) is 0 Å². The van der Waals surface area contributed by atoms with Crippen LogP contribution in [0, 0.1) is 19.8 Å². The molecule has 0 saturated heterocycles. The fourth-order valence-corrected chi connectivity index (χ4v) is 4.95. The van der Waals surface area contributed by atoms with Gasteiger partial charge in [0.05, 0.1) is 6.04 Å². The van der Waals surface area contributed by atoms with Gasteiger partial charge in [-0.3, -0.25) is 19.4 Å². The molecule has 0 aliphatic rings. The number of ketones is 1. The molecule has 1 N–H and O–H groups in total. The van der Waals surface area contributed by atoms with Crippen LogP contribution in [0.2, 0.25) is 0 Å². The molecular weight excluding hydrogens is 488 g/mol. The van der Waals surface area contributed by atoms with Crippen molar-refractivity contribution in [3.05, 3.63) is 87.6 Å². The number of carbonyl (C=O) groups excluding carboxylic acids is 2. The maximum atomic E-state index is 13.8. The molecule has 208 valence electrons. The smallest absolute Gasteiger partial charge is 0.251 e. The third-order valence-electron chi connectivity index (χ3n) is 6.92. The van der Waals surface area contributed by atoms with E-state index in [2.05, 4.69) is 41.2 Å². The Bertz CT molecular complexity index is 1340. The molecule has 2 aromatic heterocycles. The highest BCUT2D eigenvalue weighted by molar-refractivity contribution is 5.83. The van der Waals surface area contributed by atoms with Gasteiger partial charge in [-0.05, 0) is 87.5 Å². The first-order chi connectivity index (χ1) is 18.5. The highest BCUT2D eigenvalue weighted by Gasteiger charge is 2.27. The fourth-order valence-electron chi connectivity index (χ4n) is 4.95. The molecule has 1 aromatic carbocycles. The lowest BCUT2D eigenvalue weighted by Crippen LogP contribution is -2.40. The van der Waals surface area contributed by atoms with Crippen molar-refractivity contribution in [1.29, 1.82) is 0 Å². The number of rotatable bonds is 12. The minimum atomic E-state index is -0.694. The number of benzene rings is 1. The molecule has 0 saturated carbocycles. The molecule has 0 bridgehead atoms. The number of hydrogen-bond donors (Lipinski definition) is 1. The second kappa shape index (κ2) is 13.5. The molecule has 39 heavy (non-hydrogen) atoms. The lowest BCUT2D eigenvalue weighted by atomic mass is 9.94. The molecule has 1 amide bonds. The Hall–Kier alpha value is -3.58. The van der Waals surface area contributed by atoms with Crippen LogP contribution in [0.15, 0.2) is 59.8 Å².